The summed E-state index contributed by atoms with van der Waals surface area (Å²) in [7, 11) is 1.61. The zero-order chi connectivity index (χ0) is 14.9. The van der Waals surface area contributed by atoms with E-state index in [9.17, 15) is 14.4 Å². The number of carbonyl (C=O) groups excluding carboxylic acids is 2. The number of anilines is 1. The van der Waals surface area contributed by atoms with Gasteiger partial charge in [-0.05, 0) is 22.0 Å². The van der Waals surface area contributed by atoms with Gasteiger partial charge in [0.1, 0.15) is 11.7 Å². The molecule has 0 aliphatic carbocycles. The molecule has 20 heavy (non-hydrogen) atoms. The lowest BCUT2D eigenvalue weighted by molar-refractivity contribution is -0.134. The molecule has 1 aliphatic rings. The second-order valence-corrected chi connectivity index (χ2v) is 6.40. The lowest BCUT2D eigenvalue weighted by Gasteiger charge is -2.21. The van der Waals surface area contributed by atoms with Gasteiger partial charge in [0.2, 0.25) is 11.8 Å². The normalized spacial score (nSPS) is 18.1. The lowest BCUT2D eigenvalue weighted by atomic mass is 10.2. The minimum absolute atomic E-state index is 0.141. The SMILES string of the molecule is CC(=O)N1CSCC1C(=O)Nc1cc(Br)cn(C)c1=O. The Morgan fingerprint density at radius 1 is 1.50 bits per heavy atom. The predicted molar refractivity (Wildman–Crippen MR) is 81.6 cm³/mol. The monoisotopic (exact) mass is 359 g/mol. The lowest BCUT2D eigenvalue weighted by Crippen LogP contribution is -2.44. The minimum atomic E-state index is -0.527. The summed E-state index contributed by atoms with van der Waals surface area (Å²) < 4.78 is 2.07. The minimum Gasteiger partial charge on any atom is -0.321 e. The van der Waals surface area contributed by atoms with Gasteiger partial charge in [-0.2, -0.15) is 0 Å². The number of amides is 2. The zero-order valence-electron chi connectivity index (χ0n) is 11.1. The number of hydrogen-bond acceptors (Lipinski definition) is 4. The van der Waals surface area contributed by atoms with Crippen LogP contribution >= 0.6 is 27.7 Å². The van der Waals surface area contributed by atoms with Crippen molar-refractivity contribution in [1.82, 2.24) is 9.47 Å². The third kappa shape index (κ3) is 3.06. The summed E-state index contributed by atoms with van der Waals surface area (Å²) in [4.78, 5) is 37.1. The quantitative estimate of drug-likeness (QED) is 0.855. The van der Waals surface area contributed by atoms with Gasteiger partial charge in [-0.25, -0.2) is 0 Å². The summed E-state index contributed by atoms with van der Waals surface area (Å²) in [6.07, 6.45) is 1.62. The number of halogens is 1. The van der Waals surface area contributed by atoms with Crippen molar-refractivity contribution in [3.05, 3.63) is 27.1 Å². The molecule has 6 nitrogen and oxygen atoms in total. The molecule has 2 heterocycles. The number of nitrogens with zero attached hydrogens (tertiary/aromatic N) is 2. The second-order valence-electron chi connectivity index (χ2n) is 4.48. The second kappa shape index (κ2) is 6.01. The van der Waals surface area contributed by atoms with Gasteiger partial charge < -0.3 is 14.8 Å². The van der Waals surface area contributed by atoms with Crippen LogP contribution in [0.15, 0.2) is 21.5 Å². The summed E-state index contributed by atoms with van der Waals surface area (Å²) in [5.41, 5.74) is -0.0890. The maximum Gasteiger partial charge on any atom is 0.274 e. The number of hydrogen-bond donors (Lipinski definition) is 1. The van der Waals surface area contributed by atoms with E-state index in [-0.39, 0.29) is 23.1 Å². The Morgan fingerprint density at radius 3 is 2.85 bits per heavy atom. The van der Waals surface area contributed by atoms with Crippen molar-refractivity contribution >= 4 is 45.2 Å². The molecule has 2 amide bonds. The van der Waals surface area contributed by atoms with Crippen molar-refractivity contribution in [3.8, 4) is 0 Å². The Bertz CT molecular complexity index is 616. The molecule has 0 aromatic carbocycles. The van der Waals surface area contributed by atoms with Crippen molar-refractivity contribution in [2.45, 2.75) is 13.0 Å². The molecule has 8 heteroatoms. The fourth-order valence-corrected chi connectivity index (χ4v) is 3.70. The van der Waals surface area contributed by atoms with E-state index in [1.807, 2.05) is 0 Å². The van der Waals surface area contributed by atoms with E-state index in [1.165, 1.54) is 28.2 Å². The van der Waals surface area contributed by atoms with Crippen molar-refractivity contribution in [1.29, 1.82) is 0 Å². The molecule has 1 fully saturated rings. The Kier molecular flexibility index (Phi) is 4.54. The molecule has 2 rings (SSSR count). The molecule has 0 saturated carbocycles. The smallest absolute Gasteiger partial charge is 0.274 e. The number of carbonyl (C=O) groups is 2. The molecule has 108 valence electrons. The van der Waals surface area contributed by atoms with E-state index < -0.39 is 6.04 Å². The van der Waals surface area contributed by atoms with Gasteiger partial charge in [0.05, 0.1) is 5.88 Å². The van der Waals surface area contributed by atoms with Gasteiger partial charge in [0, 0.05) is 30.4 Å². The Morgan fingerprint density at radius 2 is 2.20 bits per heavy atom. The first-order valence-corrected chi connectivity index (χ1v) is 7.87. The fraction of sp³-hybridized carbons (Fsp3) is 0.417. The van der Waals surface area contributed by atoms with Gasteiger partial charge >= 0.3 is 0 Å². The average Bonchev–Trinajstić information content (AvgIpc) is 2.84. The zero-order valence-corrected chi connectivity index (χ0v) is 13.5. The largest absolute Gasteiger partial charge is 0.321 e. The van der Waals surface area contributed by atoms with Crippen LogP contribution in [-0.2, 0) is 16.6 Å². The first-order valence-electron chi connectivity index (χ1n) is 5.92. The number of aromatic nitrogens is 1. The summed E-state index contributed by atoms with van der Waals surface area (Å²) in [6, 6.07) is 1.03. The van der Waals surface area contributed by atoms with Gasteiger partial charge in [0.25, 0.3) is 5.56 Å². The van der Waals surface area contributed by atoms with Crippen molar-refractivity contribution < 1.29 is 9.59 Å². The van der Waals surface area contributed by atoms with E-state index in [2.05, 4.69) is 21.2 Å². The van der Waals surface area contributed by atoms with Crippen LogP contribution in [-0.4, -0.2) is 39.0 Å². The first-order chi connectivity index (χ1) is 9.40. The van der Waals surface area contributed by atoms with E-state index in [0.717, 1.165) is 0 Å². The molecule has 1 atom stereocenters. The maximum absolute atomic E-state index is 12.2. The van der Waals surface area contributed by atoms with E-state index in [1.54, 1.807) is 19.3 Å². The highest BCUT2D eigenvalue weighted by molar-refractivity contribution is 9.10. The predicted octanol–water partition coefficient (Wildman–Crippen LogP) is 1.01. The van der Waals surface area contributed by atoms with Crippen LogP contribution in [0.4, 0.5) is 5.69 Å². The molecule has 1 N–H and O–H groups in total. The van der Waals surface area contributed by atoms with E-state index in [4.69, 9.17) is 0 Å². The van der Waals surface area contributed by atoms with Crippen molar-refractivity contribution in [3.63, 3.8) is 0 Å². The van der Waals surface area contributed by atoms with E-state index >= 15 is 0 Å². The van der Waals surface area contributed by atoms with Crippen LogP contribution in [0.3, 0.4) is 0 Å². The number of rotatable bonds is 2. The summed E-state index contributed by atoms with van der Waals surface area (Å²) >= 11 is 4.80. The Hall–Kier alpha value is -1.28. The van der Waals surface area contributed by atoms with Crippen LogP contribution in [0, 0.1) is 0 Å². The molecule has 0 bridgehead atoms. The van der Waals surface area contributed by atoms with Crippen LogP contribution in [0.25, 0.3) is 0 Å². The van der Waals surface area contributed by atoms with Crippen LogP contribution in [0.5, 0.6) is 0 Å². The molecular formula is C12H14BrN3O3S. The van der Waals surface area contributed by atoms with Crippen molar-refractivity contribution in [2.75, 3.05) is 16.9 Å². The number of nitrogens with one attached hydrogen (secondary N) is 1. The van der Waals surface area contributed by atoms with Gasteiger partial charge in [-0.15, -0.1) is 11.8 Å². The number of aryl methyl sites for hydroxylation is 1. The Balaban J connectivity index is 2.20. The van der Waals surface area contributed by atoms with Gasteiger partial charge in [-0.1, -0.05) is 0 Å². The van der Waals surface area contributed by atoms with Crippen LogP contribution in [0.2, 0.25) is 0 Å². The molecule has 1 aliphatic heterocycles. The highest BCUT2D eigenvalue weighted by Crippen LogP contribution is 2.22. The van der Waals surface area contributed by atoms with Gasteiger partial charge in [-0.3, -0.25) is 14.4 Å². The molecule has 1 saturated heterocycles. The molecule has 0 spiro atoms. The summed E-state index contributed by atoms with van der Waals surface area (Å²) in [6.45, 7) is 1.43. The maximum atomic E-state index is 12.2. The van der Waals surface area contributed by atoms with Gasteiger partial charge in [0.15, 0.2) is 0 Å². The summed E-state index contributed by atoms with van der Waals surface area (Å²) in [5, 5.41) is 2.61. The first kappa shape index (κ1) is 15.1. The molecule has 1 unspecified atom stereocenters. The average molecular weight is 360 g/mol. The van der Waals surface area contributed by atoms with Crippen LogP contribution < -0.4 is 10.9 Å². The van der Waals surface area contributed by atoms with Crippen molar-refractivity contribution in [2.24, 2.45) is 7.05 Å². The number of thioether (sulfide) groups is 1. The molecular weight excluding hydrogens is 346 g/mol. The number of pyridine rings is 1. The molecule has 1 aromatic rings. The topological polar surface area (TPSA) is 71.4 Å². The highest BCUT2D eigenvalue weighted by Gasteiger charge is 2.33. The third-order valence-electron chi connectivity index (χ3n) is 3.00. The molecule has 1 aromatic heterocycles. The summed E-state index contributed by atoms with van der Waals surface area (Å²) in [5.74, 6) is 0.571. The van der Waals surface area contributed by atoms with E-state index in [0.29, 0.717) is 16.1 Å². The highest BCUT2D eigenvalue weighted by atomic mass is 79.9. The molecule has 0 radical (unpaired) electrons. The Labute approximate surface area is 128 Å². The third-order valence-corrected chi connectivity index (χ3v) is 4.44. The fourth-order valence-electron chi connectivity index (χ4n) is 1.95. The standard InChI is InChI=1S/C12H14BrN3O3S/c1-7(17)16-6-20-5-10(16)11(18)14-9-3-8(13)4-15(2)12(9)19/h3-4,10H,5-6H2,1-2H3,(H,14,18). The van der Waals surface area contributed by atoms with Crippen LogP contribution in [0.1, 0.15) is 6.92 Å².